The molecule has 3 nitrogen and oxygen atoms in total. The fourth-order valence-corrected chi connectivity index (χ4v) is 2.43. The topological polar surface area (TPSA) is 37.0 Å². The predicted molar refractivity (Wildman–Crippen MR) is 87.3 cm³/mol. The molecule has 108 valence electrons. The van der Waals surface area contributed by atoms with Crippen LogP contribution in [0.4, 0.5) is 5.69 Å². The van der Waals surface area contributed by atoms with Crippen molar-refractivity contribution in [2.24, 2.45) is 0 Å². The molecule has 0 bridgehead atoms. The molecule has 0 saturated carbocycles. The third-order valence-electron chi connectivity index (χ3n) is 3.54. The van der Waals surface area contributed by atoms with Gasteiger partial charge in [0, 0.05) is 23.3 Å². The number of fused-ring (bicyclic) bond motifs is 1. The van der Waals surface area contributed by atoms with Gasteiger partial charge in [-0.15, -0.1) is 0 Å². The maximum absolute atomic E-state index is 4.45. The van der Waals surface area contributed by atoms with Crippen LogP contribution in [0.15, 0.2) is 30.5 Å². The summed E-state index contributed by atoms with van der Waals surface area (Å²) < 4.78 is 0. The fraction of sp³-hybridized carbons (Fsp3) is 0.471. The number of aromatic nitrogens is 1. The van der Waals surface area contributed by atoms with E-state index in [1.807, 2.05) is 6.20 Å². The van der Waals surface area contributed by atoms with Crippen molar-refractivity contribution in [3.05, 3.63) is 36.0 Å². The summed E-state index contributed by atoms with van der Waals surface area (Å²) in [6, 6.07) is 8.98. The Morgan fingerprint density at radius 3 is 2.90 bits per heavy atom. The SMILES string of the molecule is CCNCCCC(C)Nc1ccnc2cc(C)ccc12. The molecular formula is C17H25N3. The highest BCUT2D eigenvalue weighted by Gasteiger charge is 2.06. The van der Waals surface area contributed by atoms with Crippen LogP contribution in [0.5, 0.6) is 0 Å². The lowest BCUT2D eigenvalue weighted by Gasteiger charge is -2.17. The van der Waals surface area contributed by atoms with Gasteiger partial charge in [-0.25, -0.2) is 0 Å². The molecule has 1 unspecified atom stereocenters. The maximum atomic E-state index is 4.45. The number of pyridine rings is 1. The summed E-state index contributed by atoms with van der Waals surface area (Å²) >= 11 is 0. The van der Waals surface area contributed by atoms with Crippen molar-refractivity contribution in [2.45, 2.75) is 39.7 Å². The summed E-state index contributed by atoms with van der Waals surface area (Å²) in [6.45, 7) is 8.64. The molecule has 3 heteroatoms. The van der Waals surface area contributed by atoms with E-state index in [1.165, 1.54) is 29.5 Å². The first-order chi connectivity index (χ1) is 9.70. The quantitative estimate of drug-likeness (QED) is 0.753. The van der Waals surface area contributed by atoms with Crippen molar-refractivity contribution in [3.63, 3.8) is 0 Å². The van der Waals surface area contributed by atoms with E-state index in [1.54, 1.807) is 0 Å². The van der Waals surface area contributed by atoms with Crippen molar-refractivity contribution in [2.75, 3.05) is 18.4 Å². The number of rotatable bonds is 7. The van der Waals surface area contributed by atoms with Crippen LogP contribution in [0, 0.1) is 6.92 Å². The summed E-state index contributed by atoms with van der Waals surface area (Å²) in [5.74, 6) is 0. The van der Waals surface area contributed by atoms with Crippen LogP contribution in [0.2, 0.25) is 0 Å². The highest BCUT2D eigenvalue weighted by molar-refractivity contribution is 5.91. The predicted octanol–water partition coefficient (Wildman–Crippen LogP) is 3.73. The lowest BCUT2D eigenvalue weighted by molar-refractivity contribution is 0.603. The maximum Gasteiger partial charge on any atom is 0.0725 e. The van der Waals surface area contributed by atoms with Crippen molar-refractivity contribution in [3.8, 4) is 0 Å². The molecule has 1 atom stereocenters. The van der Waals surface area contributed by atoms with Crippen LogP contribution in [0.3, 0.4) is 0 Å². The molecule has 2 N–H and O–H groups in total. The number of nitrogens with one attached hydrogen (secondary N) is 2. The van der Waals surface area contributed by atoms with E-state index in [0.717, 1.165) is 18.6 Å². The molecule has 0 aliphatic rings. The normalized spacial score (nSPS) is 12.6. The van der Waals surface area contributed by atoms with E-state index >= 15 is 0 Å². The Kier molecular flexibility index (Phi) is 5.36. The zero-order chi connectivity index (χ0) is 14.4. The van der Waals surface area contributed by atoms with Gasteiger partial charge in [0.25, 0.3) is 0 Å². The smallest absolute Gasteiger partial charge is 0.0725 e. The molecule has 0 aliphatic heterocycles. The van der Waals surface area contributed by atoms with Gasteiger partial charge in [0.15, 0.2) is 0 Å². The summed E-state index contributed by atoms with van der Waals surface area (Å²) in [4.78, 5) is 4.45. The molecule has 1 heterocycles. The average Bonchev–Trinajstić information content (AvgIpc) is 2.43. The Bertz CT molecular complexity index is 551. The first-order valence-corrected chi connectivity index (χ1v) is 7.53. The highest BCUT2D eigenvalue weighted by Crippen LogP contribution is 2.23. The lowest BCUT2D eigenvalue weighted by atomic mass is 10.1. The monoisotopic (exact) mass is 271 g/mol. The molecule has 0 amide bonds. The van der Waals surface area contributed by atoms with Crippen LogP contribution < -0.4 is 10.6 Å². The van der Waals surface area contributed by atoms with Gasteiger partial charge in [-0.2, -0.15) is 0 Å². The Morgan fingerprint density at radius 1 is 1.25 bits per heavy atom. The number of aryl methyl sites for hydroxylation is 1. The molecule has 1 aromatic heterocycles. The van der Waals surface area contributed by atoms with Gasteiger partial charge < -0.3 is 10.6 Å². The molecular weight excluding hydrogens is 246 g/mol. The van der Waals surface area contributed by atoms with Crippen LogP contribution in [0.25, 0.3) is 10.9 Å². The van der Waals surface area contributed by atoms with Gasteiger partial charge in [0.1, 0.15) is 0 Å². The minimum Gasteiger partial charge on any atom is -0.382 e. The van der Waals surface area contributed by atoms with Crippen LogP contribution >= 0.6 is 0 Å². The number of hydrogen-bond acceptors (Lipinski definition) is 3. The number of anilines is 1. The molecule has 1 aromatic carbocycles. The second-order valence-corrected chi connectivity index (χ2v) is 5.42. The molecule has 0 radical (unpaired) electrons. The van der Waals surface area contributed by atoms with E-state index in [9.17, 15) is 0 Å². The van der Waals surface area contributed by atoms with Gasteiger partial charge in [-0.1, -0.05) is 19.1 Å². The molecule has 0 spiro atoms. The van der Waals surface area contributed by atoms with Crippen molar-refractivity contribution in [1.29, 1.82) is 0 Å². The second-order valence-electron chi connectivity index (χ2n) is 5.42. The molecule has 20 heavy (non-hydrogen) atoms. The Balaban J connectivity index is 2.02. The van der Waals surface area contributed by atoms with Gasteiger partial charge >= 0.3 is 0 Å². The van der Waals surface area contributed by atoms with E-state index in [0.29, 0.717) is 6.04 Å². The van der Waals surface area contributed by atoms with Crippen molar-refractivity contribution in [1.82, 2.24) is 10.3 Å². The second kappa shape index (κ2) is 7.25. The number of hydrogen-bond donors (Lipinski definition) is 2. The van der Waals surface area contributed by atoms with Crippen LogP contribution in [-0.2, 0) is 0 Å². The van der Waals surface area contributed by atoms with Gasteiger partial charge in [0.05, 0.1) is 5.52 Å². The molecule has 2 aromatic rings. The van der Waals surface area contributed by atoms with Gasteiger partial charge in [-0.3, -0.25) is 4.98 Å². The van der Waals surface area contributed by atoms with Gasteiger partial charge in [0.2, 0.25) is 0 Å². The standard InChI is InChI=1S/C17H25N3/c1-4-18-10-5-6-14(3)20-16-9-11-19-17-12-13(2)7-8-15(16)17/h7-9,11-12,14,18H,4-6,10H2,1-3H3,(H,19,20). The molecule has 2 rings (SSSR count). The zero-order valence-electron chi connectivity index (χ0n) is 12.7. The number of nitrogens with zero attached hydrogens (tertiary/aromatic N) is 1. The molecule has 0 fully saturated rings. The average molecular weight is 271 g/mol. The van der Waals surface area contributed by atoms with E-state index < -0.39 is 0 Å². The van der Waals surface area contributed by atoms with E-state index in [2.05, 4.69) is 60.7 Å². The largest absolute Gasteiger partial charge is 0.382 e. The molecule has 0 saturated heterocycles. The van der Waals surface area contributed by atoms with Gasteiger partial charge in [-0.05, 0) is 57.5 Å². The summed E-state index contributed by atoms with van der Waals surface area (Å²) in [7, 11) is 0. The van der Waals surface area contributed by atoms with E-state index in [-0.39, 0.29) is 0 Å². The molecule has 0 aliphatic carbocycles. The zero-order valence-corrected chi connectivity index (χ0v) is 12.7. The number of benzene rings is 1. The van der Waals surface area contributed by atoms with Crippen molar-refractivity contribution < 1.29 is 0 Å². The fourth-order valence-electron chi connectivity index (χ4n) is 2.43. The minimum atomic E-state index is 0.473. The Morgan fingerprint density at radius 2 is 2.10 bits per heavy atom. The van der Waals surface area contributed by atoms with Crippen molar-refractivity contribution >= 4 is 16.6 Å². The van der Waals surface area contributed by atoms with Crippen LogP contribution in [-0.4, -0.2) is 24.1 Å². The van der Waals surface area contributed by atoms with Crippen LogP contribution in [0.1, 0.15) is 32.3 Å². The first kappa shape index (κ1) is 14.8. The first-order valence-electron chi connectivity index (χ1n) is 7.53. The minimum absolute atomic E-state index is 0.473. The lowest BCUT2D eigenvalue weighted by Crippen LogP contribution is -2.19. The highest BCUT2D eigenvalue weighted by atomic mass is 14.9. The third kappa shape index (κ3) is 3.94. The third-order valence-corrected chi connectivity index (χ3v) is 3.54. The Labute approximate surface area is 121 Å². The Hall–Kier alpha value is -1.61. The summed E-state index contributed by atoms with van der Waals surface area (Å²) in [5.41, 5.74) is 3.50. The summed E-state index contributed by atoms with van der Waals surface area (Å²) in [6.07, 6.45) is 4.25. The summed E-state index contributed by atoms with van der Waals surface area (Å²) in [5, 5.41) is 8.18. The van der Waals surface area contributed by atoms with E-state index in [4.69, 9.17) is 0 Å².